The molecule has 0 aliphatic carbocycles. The lowest BCUT2D eigenvalue weighted by molar-refractivity contribution is 0.374. The molecule has 3 heteroatoms. The SMILES string of the molecule is COc1ccc2c(c1)C(C)(C)NCC2.Cl. The minimum absolute atomic E-state index is 0. The Balaban J connectivity index is 0.00000112. The summed E-state index contributed by atoms with van der Waals surface area (Å²) in [7, 11) is 1.71. The summed E-state index contributed by atoms with van der Waals surface area (Å²) in [6.45, 7) is 5.49. The van der Waals surface area contributed by atoms with E-state index in [1.807, 2.05) is 6.07 Å². The highest BCUT2D eigenvalue weighted by atomic mass is 35.5. The zero-order chi connectivity index (χ0) is 10.2. The van der Waals surface area contributed by atoms with E-state index in [9.17, 15) is 0 Å². The maximum atomic E-state index is 5.25. The summed E-state index contributed by atoms with van der Waals surface area (Å²) < 4.78 is 5.25. The fraction of sp³-hybridized carbons (Fsp3) is 0.500. The van der Waals surface area contributed by atoms with Crippen LogP contribution < -0.4 is 10.1 Å². The third-order valence-electron chi connectivity index (χ3n) is 2.95. The Kier molecular flexibility index (Phi) is 3.63. The Hall–Kier alpha value is -0.730. The summed E-state index contributed by atoms with van der Waals surface area (Å²) in [6.07, 6.45) is 1.11. The number of ether oxygens (including phenoxy) is 1. The van der Waals surface area contributed by atoms with E-state index in [-0.39, 0.29) is 17.9 Å². The first-order valence-corrected chi connectivity index (χ1v) is 5.06. The molecule has 1 aliphatic heterocycles. The Morgan fingerprint density at radius 2 is 2.07 bits per heavy atom. The highest BCUT2D eigenvalue weighted by Gasteiger charge is 2.26. The molecule has 1 aromatic rings. The lowest BCUT2D eigenvalue weighted by Gasteiger charge is -2.34. The van der Waals surface area contributed by atoms with Crippen LogP contribution in [0.2, 0.25) is 0 Å². The van der Waals surface area contributed by atoms with Gasteiger partial charge in [-0.25, -0.2) is 0 Å². The van der Waals surface area contributed by atoms with Crippen molar-refractivity contribution >= 4 is 12.4 Å². The van der Waals surface area contributed by atoms with Crippen LogP contribution in [0.1, 0.15) is 25.0 Å². The summed E-state index contributed by atoms with van der Waals surface area (Å²) >= 11 is 0. The molecule has 0 spiro atoms. The third kappa shape index (κ3) is 2.27. The van der Waals surface area contributed by atoms with Crippen LogP contribution in [0.25, 0.3) is 0 Å². The lowest BCUT2D eigenvalue weighted by Crippen LogP contribution is -2.42. The number of rotatable bonds is 1. The van der Waals surface area contributed by atoms with Crippen LogP contribution in [0.15, 0.2) is 18.2 Å². The van der Waals surface area contributed by atoms with Crippen molar-refractivity contribution in [2.24, 2.45) is 0 Å². The van der Waals surface area contributed by atoms with Crippen LogP contribution in [0, 0.1) is 0 Å². The van der Waals surface area contributed by atoms with Crippen LogP contribution in [-0.4, -0.2) is 13.7 Å². The fourth-order valence-electron chi connectivity index (χ4n) is 2.09. The molecule has 2 nitrogen and oxygen atoms in total. The van der Waals surface area contributed by atoms with Gasteiger partial charge in [0.25, 0.3) is 0 Å². The largest absolute Gasteiger partial charge is 0.497 e. The quantitative estimate of drug-likeness (QED) is 0.796. The van der Waals surface area contributed by atoms with Crippen molar-refractivity contribution in [3.05, 3.63) is 29.3 Å². The van der Waals surface area contributed by atoms with E-state index < -0.39 is 0 Å². The first-order chi connectivity index (χ1) is 6.63. The smallest absolute Gasteiger partial charge is 0.119 e. The highest BCUT2D eigenvalue weighted by molar-refractivity contribution is 5.85. The molecule has 1 N–H and O–H groups in total. The van der Waals surface area contributed by atoms with Gasteiger partial charge in [-0.1, -0.05) is 6.07 Å². The van der Waals surface area contributed by atoms with Crippen molar-refractivity contribution in [3.63, 3.8) is 0 Å². The van der Waals surface area contributed by atoms with Gasteiger partial charge in [0.05, 0.1) is 7.11 Å². The number of nitrogens with one attached hydrogen (secondary N) is 1. The Bertz CT molecular complexity index is 349. The van der Waals surface area contributed by atoms with E-state index >= 15 is 0 Å². The number of hydrogen-bond acceptors (Lipinski definition) is 2. The lowest BCUT2D eigenvalue weighted by atomic mass is 9.85. The van der Waals surface area contributed by atoms with Gasteiger partial charge in [0, 0.05) is 5.54 Å². The second-order valence-corrected chi connectivity index (χ2v) is 4.32. The predicted octanol–water partition coefficient (Wildman–Crippen LogP) is 2.50. The molecule has 1 aromatic carbocycles. The van der Waals surface area contributed by atoms with E-state index in [1.54, 1.807) is 7.11 Å². The standard InChI is InChI=1S/C12H17NO.ClH/c1-12(2)11-8-10(14-3)5-4-9(11)6-7-13-12;/h4-5,8,13H,6-7H2,1-3H3;1H. The third-order valence-corrected chi connectivity index (χ3v) is 2.95. The molecule has 2 rings (SSSR count). The molecule has 0 aromatic heterocycles. The molecule has 0 unspecified atom stereocenters. The Morgan fingerprint density at radius 3 is 2.73 bits per heavy atom. The molecule has 15 heavy (non-hydrogen) atoms. The van der Waals surface area contributed by atoms with E-state index in [0.717, 1.165) is 18.7 Å². The average molecular weight is 228 g/mol. The minimum atomic E-state index is 0. The van der Waals surface area contributed by atoms with Gasteiger partial charge in [0.2, 0.25) is 0 Å². The van der Waals surface area contributed by atoms with Crippen LogP contribution >= 0.6 is 12.4 Å². The normalized spacial score (nSPS) is 17.5. The summed E-state index contributed by atoms with van der Waals surface area (Å²) in [5.74, 6) is 0.945. The van der Waals surface area contributed by atoms with Crippen LogP contribution in [0.3, 0.4) is 0 Å². The summed E-state index contributed by atoms with van der Waals surface area (Å²) in [5, 5.41) is 3.51. The van der Waals surface area contributed by atoms with Gasteiger partial charge in [-0.15, -0.1) is 12.4 Å². The highest BCUT2D eigenvalue weighted by Crippen LogP contribution is 2.30. The van der Waals surface area contributed by atoms with E-state index in [1.165, 1.54) is 11.1 Å². The number of fused-ring (bicyclic) bond motifs is 1. The molecule has 0 saturated heterocycles. The first kappa shape index (κ1) is 12.3. The Morgan fingerprint density at radius 1 is 1.33 bits per heavy atom. The van der Waals surface area contributed by atoms with Crippen molar-refractivity contribution in [1.82, 2.24) is 5.32 Å². The van der Waals surface area contributed by atoms with Gasteiger partial charge in [-0.2, -0.15) is 0 Å². The van der Waals surface area contributed by atoms with Gasteiger partial charge >= 0.3 is 0 Å². The molecule has 1 aliphatic rings. The topological polar surface area (TPSA) is 21.3 Å². The second-order valence-electron chi connectivity index (χ2n) is 4.32. The second kappa shape index (κ2) is 4.42. The van der Waals surface area contributed by atoms with Gasteiger partial charge in [-0.05, 0) is 50.1 Å². The van der Waals surface area contributed by atoms with Crippen molar-refractivity contribution < 1.29 is 4.74 Å². The van der Waals surface area contributed by atoms with Gasteiger partial charge in [0.15, 0.2) is 0 Å². The molecule has 84 valence electrons. The van der Waals surface area contributed by atoms with Crippen LogP contribution in [0.4, 0.5) is 0 Å². The van der Waals surface area contributed by atoms with Crippen LogP contribution in [-0.2, 0) is 12.0 Å². The van der Waals surface area contributed by atoms with Crippen molar-refractivity contribution in [3.8, 4) is 5.75 Å². The molecular formula is C12H18ClNO. The molecule has 0 bridgehead atoms. The number of methoxy groups -OCH3 is 1. The molecule has 1 heterocycles. The monoisotopic (exact) mass is 227 g/mol. The zero-order valence-corrected chi connectivity index (χ0v) is 10.3. The molecule has 0 radical (unpaired) electrons. The van der Waals surface area contributed by atoms with Gasteiger partial charge in [0.1, 0.15) is 5.75 Å². The maximum absolute atomic E-state index is 5.25. The Labute approximate surface area is 97.4 Å². The molecule has 0 saturated carbocycles. The van der Waals surface area contributed by atoms with E-state index in [2.05, 4.69) is 31.3 Å². The molecule has 0 amide bonds. The fourth-order valence-corrected chi connectivity index (χ4v) is 2.09. The maximum Gasteiger partial charge on any atom is 0.119 e. The predicted molar refractivity (Wildman–Crippen MR) is 65.0 cm³/mol. The number of hydrogen-bond donors (Lipinski definition) is 1. The zero-order valence-electron chi connectivity index (χ0n) is 9.46. The van der Waals surface area contributed by atoms with Gasteiger partial charge in [-0.3, -0.25) is 0 Å². The molecular weight excluding hydrogens is 210 g/mol. The van der Waals surface area contributed by atoms with Crippen molar-refractivity contribution in [2.45, 2.75) is 25.8 Å². The number of benzene rings is 1. The summed E-state index contributed by atoms with van der Waals surface area (Å²) in [6, 6.07) is 6.36. The molecule has 0 fully saturated rings. The van der Waals surface area contributed by atoms with E-state index in [0.29, 0.717) is 0 Å². The number of halogens is 1. The molecule has 0 atom stereocenters. The average Bonchev–Trinajstić information content (AvgIpc) is 2.17. The van der Waals surface area contributed by atoms with E-state index in [4.69, 9.17) is 4.74 Å². The minimum Gasteiger partial charge on any atom is -0.497 e. The first-order valence-electron chi connectivity index (χ1n) is 5.06. The van der Waals surface area contributed by atoms with Gasteiger partial charge < -0.3 is 10.1 Å². The van der Waals surface area contributed by atoms with Crippen molar-refractivity contribution in [2.75, 3.05) is 13.7 Å². The summed E-state index contributed by atoms with van der Waals surface area (Å²) in [4.78, 5) is 0. The van der Waals surface area contributed by atoms with Crippen molar-refractivity contribution in [1.29, 1.82) is 0 Å². The van der Waals surface area contributed by atoms with Crippen LogP contribution in [0.5, 0.6) is 5.75 Å². The summed E-state index contributed by atoms with van der Waals surface area (Å²) in [5.41, 5.74) is 2.87.